The number of rotatable bonds is 5. The molecule has 20 heavy (non-hydrogen) atoms. The largest absolute Gasteiger partial charge is 0.497 e. The van der Waals surface area contributed by atoms with E-state index in [1.165, 1.54) is 18.5 Å². The molecule has 0 saturated carbocycles. The zero-order valence-corrected chi connectivity index (χ0v) is 11.1. The van der Waals surface area contributed by atoms with Crippen LogP contribution in [0.4, 0.5) is 11.4 Å². The molecule has 0 amide bonds. The summed E-state index contributed by atoms with van der Waals surface area (Å²) in [5.41, 5.74) is 1.19. The highest BCUT2D eigenvalue weighted by Crippen LogP contribution is 2.28. The van der Waals surface area contributed by atoms with Crippen LogP contribution in [0.2, 0.25) is 0 Å². The lowest BCUT2D eigenvalue weighted by Gasteiger charge is -2.12. The minimum Gasteiger partial charge on any atom is -0.497 e. The third-order valence-electron chi connectivity index (χ3n) is 2.68. The molecule has 1 aromatic carbocycles. The first-order chi connectivity index (χ1) is 9.63. The van der Waals surface area contributed by atoms with Gasteiger partial charge in [0, 0.05) is 30.1 Å². The Labute approximate surface area is 116 Å². The molecule has 2 aromatic rings. The van der Waals surface area contributed by atoms with Gasteiger partial charge in [-0.05, 0) is 6.07 Å². The molecule has 1 aromatic heterocycles. The van der Waals surface area contributed by atoms with Crippen LogP contribution in [0.3, 0.4) is 0 Å². The number of aromatic carboxylic acids is 1. The molecule has 0 fully saturated rings. The first-order valence-corrected chi connectivity index (χ1v) is 5.81. The van der Waals surface area contributed by atoms with E-state index in [0.717, 1.165) is 0 Å². The van der Waals surface area contributed by atoms with Crippen LogP contribution in [0.15, 0.2) is 36.7 Å². The minimum atomic E-state index is -1.02. The Morgan fingerprint density at radius 2 is 1.85 bits per heavy atom. The Morgan fingerprint density at radius 1 is 1.20 bits per heavy atom. The van der Waals surface area contributed by atoms with E-state index in [4.69, 9.17) is 14.6 Å². The summed E-state index contributed by atoms with van der Waals surface area (Å²) in [7, 11) is 3.09. The van der Waals surface area contributed by atoms with Gasteiger partial charge in [0.05, 0.1) is 31.7 Å². The fourth-order valence-electron chi connectivity index (χ4n) is 1.72. The van der Waals surface area contributed by atoms with Gasteiger partial charge in [-0.3, -0.25) is 4.98 Å². The quantitative estimate of drug-likeness (QED) is 0.872. The fourth-order valence-corrected chi connectivity index (χ4v) is 1.72. The molecule has 1 heterocycles. The van der Waals surface area contributed by atoms with Crippen molar-refractivity contribution in [2.75, 3.05) is 19.5 Å². The Morgan fingerprint density at radius 3 is 2.40 bits per heavy atom. The molecule has 0 atom stereocenters. The molecule has 0 aliphatic heterocycles. The Bertz CT molecular complexity index is 606. The summed E-state index contributed by atoms with van der Waals surface area (Å²) in [6.45, 7) is 0. The number of benzene rings is 1. The fraction of sp³-hybridized carbons (Fsp3) is 0.143. The van der Waals surface area contributed by atoms with E-state index in [9.17, 15) is 4.79 Å². The van der Waals surface area contributed by atoms with Crippen LogP contribution in [-0.2, 0) is 0 Å². The molecule has 0 saturated heterocycles. The average molecular weight is 274 g/mol. The molecule has 0 bridgehead atoms. The number of hydrogen-bond donors (Lipinski definition) is 2. The Hall–Kier alpha value is -2.76. The molecule has 2 rings (SSSR count). The average Bonchev–Trinajstić information content (AvgIpc) is 2.47. The minimum absolute atomic E-state index is 0.141. The number of methoxy groups -OCH3 is 2. The van der Waals surface area contributed by atoms with E-state index < -0.39 is 5.97 Å². The van der Waals surface area contributed by atoms with Gasteiger partial charge >= 0.3 is 5.97 Å². The number of aromatic nitrogens is 1. The van der Waals surface area contributed by atoms with E-state index >= 15 is 0 Å². The van der Waals surface area contributed by atoms with Gasteiger partial charge in [0.1, 0.15) is 11.5 Å². The van der Waals surface area contributed by atoms with Gasteiger partial charge in [-0.25, -0.2) is 4.79 Å². The molecule has 6 heteroatoms. The first-order valence-electron chi connectivity index (χ1n) is 5.81. The van der Waals surface area contributed by atoms with E-state index in [2.05, 4.69) is 10.3 Å². The highest BCUT2D eigenvalue weighted by molar-refractivity contribution is 5.94. The second-order valence-electron chi connectivity index (χ2n) is 3.95. The molecule has 6 nitrogen and oxygen atoms in total. The normalized spacial score (nSPS) is 9.90. The van der Waals surface area contributed by atoms with Gasteiger partial charge in [-0.2, -0.15) is 0 Å². The van der Waals surface area contributed by atoms with Crippen LogP contribution in [0.1, 0.15) is 10.4 Å². The second-order valence-corrected chi connectivity index (χ2v) is 3.95. The zero-order valence-electron chi connectivity index (χ0n) is 11.1. The monoisotopic (exact) mass is 274 g/mol. The summed E-state index contributed by atoms with van der Waals surface area (Å²) in [4.78, 5) is 15.1. The van der Waals surface area contributed by atoms with Crippen LogP contribution >= 0.6 is 0 Å². The van der Waals surface area contributed by atoms with Gasteiger partial charge in [0.15, 0.2) is 0 Å². The zero-order chi connectivity index (χ0) is 14.5. The van der Waals surface area contributed by atoms with Crippen molar-refractivity contribution in [3.63, 3.8) is 0 Å². The predicted octanol–water partition coefficient (Wildman–Crippen LogP) is 2.54. The van der Waals surface area contributed by atoms with Crippen molar-refractivity contribution in [1.82, 2.24) is 4.98 Å². The van der Waals surface area contributed by atoms with Crippen molar-refractivity contribution in [3.8, 4) is 11.5 Å². The van der Waals surface area contributed by atoms with Crippen molar-refractivity contribution >= 4 is 17.3 Å². The molecule has 0 unspecified atom stereocenters. The van der Waals surface area contributed by atoms with Crippen molar-refractivity contribution < 1.29 is 19.4 Å². The van der Waals surface area contributed by atoms with Gasteiger partial charge in [0.25, 0.3) is 0 Å². The molecular formula is C14H14N2O4. The molecule has 2 N–H and O–H groups in total. The number of pyridine rings is 1. The number of nitrogens with one attached hydrogen (secondary N) is 1. The maximum atomic E-state index is 11.1. The number of carboxylic acids is 1. The molecule has 104 valence electrons. The third-order valence-corrected chi connectivity index (χ3v) is 2.68. The summed E-state index contributed by atoms with van der Waals surface area (Å²) in [6, 6.07) is 6.64. The lowest BCUT2D eigenvalue weighted by atomic mass is 10.2. The number of carbonyl (C=O) groups is 1. The van der Waals surface area contributed by atoms with Crippen LogP contribution in [0.5, 0.6) is 11.5 Å². The number of nitrogens with zero attached hydrogens (tertiary/aromatic N) is 1. The van der Waals surface area contributed by atoms with Gasteiger partial charge < -0.3 is 19.9 Å². The molecule has 0 aliphatic carbocycles. The van der Waals surface area contributed by atoms with Crippen molar-refractivity contribution in [2.45, 2.75) is 0 Å². The highest BCUT2D eigenvalue weighted by atomic mass is 16.5. The van der Waals surface area contributed by atoms with Gasteiger partial charge in [-0.15, -0.1) is 0 Å². The summed E-state index contributed by atoms with van der Waals surface area (Å²) >= 11 is 0. The van der Waals surface area contributed by atoms with E-state index in [0.29, 0.717) is 22.9 Å². The van der Waals surface area contributed by atoms with Crippen molar-refractivity contribution in [3.05, 3.63) is 42.2 Å². The topological polar surface area (TPSA) is 80.7 Å². The predicted molar refractivity (Wildman–Crippen MR) is 74.0 cm³/mol. The van der Waals surface area contributed by atoms with Gasteiger partial charge in [0.2, 0.25) is 0 Å². The van der Waals surface area contributed by atoms with E-state index in [1.807, 2.05) is 0 Å². The van der Waals surface area contributed by atoms with Crippen LogP contribution < -0.4 is 14.8 Å². The van der Waals surface area contributed by atoms with E-state index in [1.54, 1.807) is 32.4 Å². The third kappa shape index (κ3) is 2.97. The summed E-state index contributed by atoms with van der Waals surface area (Å²) in [6.07, 6.45) is 2.89. The Balaban J connectivity index is 2.37. The standard InChI is InChI=1S/C14H14N2O4/c1-19-10-5-9(6-11(7-10)20-2)16-13-8-15-4-3-12(13)14(17)18/h3-8,16H,1-2H3,(H,17,18). The molecule has 0 spiro atoms. The van der Waals surface area contributed by atoms with Crippen molar-refractivity contribution in [1.29, 1.82) is 0 Å². The summed E-state index contributed by atoms with van der Waals surface area (Å²) in [5.74, 6) is 0.185. The summed E-state index contributed by atoms with van der Waals surface area (Å²) in [5, 5.41) is 12.1. The molecule has 0 radical (unpaired) electrons. The molecular weight excluding hydrogens is 260 g/mol. The number of anilines is 2. The summed E-state index contributed by atoms with van der Waals surface area (Å²) < 4.78 is 10.3. The lowest BCUT2D eigenvalue weighted by molar-refractivity contribution is 0.0698. The van der Waals surface area contributed by atoms with E-state index in [-0.39, 0.29) is 5.56 Å². The molecule has 0 aliphatic rings. The number of carboxylic acid groups (broad SMARTS) is 1. The SMILES string of the molecule is COc1cc(Nc2cnccc2C(=O)O)cc(OC)c1. The van der Waals surface area contributed by atoms with Crippen LogP contribution in [0.25, 0.3) is 0 Å². The Kier molecular flexibility index (Phi) is 4.05. The lowest BCUT2D eigenvalue weighted by Crippen LogP contribution is -2.03. The van der Waals surface area contributed by atoms with Crippen LogP contribution in [-0.4, -0.2) is 30.3 Å². The number of ether oxygens (including phenoxy) is 2. The smallest absolute Gasteiger partial charge is 0.337 e. The van der Waals surface area contributed by atoms with Crippen molar-refractivity contribution in [2.24, 2.45) is 0 Å². The highest BCUT2D eigenvalue weighted by Gasteiger charge is 2.10. The van der Waals surface area contributed by atoms with Crippen LogP contribution in [0, 0.1) is 0 Å². The maximum Gasteiger partial charge on any atom is 0.337 e. The van der Waals surface area contributed by atoms with Gasteiger partial charge in [-0.1, -0.05) is 0 Å². The maximum absolute atomic E-state index is 11.1. The first kappa shape index (κ1) is 13.7. The second kappa shape index (κ2) is 5.92. The number of hydrogen-bond acceptors (Lipinski definition) is 5.